The number of hydrogen-bond acceptors (Lipinski definition) is 3. The van der Waals surface area contributed by atoms with Crippen molar-refractivity contribution in [3.05, 3.63) is 59.2 Å². The van der Waals surface area contributed by atoms with Crippen LogP contribution in [0, 0.1) is 12.7 Å². The largest absolute Gasteiger partial charge is 0.487 e. The van der Waals surface area contributed by atoms with Crippen molar-refractivity contribution in [2.24, 2.45) is 0 Å². The second-order valence-corrected chi connectivity index (χ2v) is 5.51. The lowest BCUT2D eigenvalue weighted by Crippen LogP contribution is -2.15. The van der Waals surface area contributed by atoms with Gasteiger partial charge in [0.15, 0.2) is 0 Å². The van der Waals surface area contributed by atoms with E-state index in [9.17, 15) is 4.39 Å². The molecule has 0 saturated heterocycles. The van der Waals surface area contributed by atoms with Gasteiger partial charge in [0.2, 0.25) is 0 Å². The molecule has 0 spiro atoms. The molecule has 1 fully saturated rings. The van der Waals surface area contributed by atoms with Crippen LogP contribution in [0.25, 0.3) is 0 Å². The minimum atomic E-state index is -0.215. The lowest BCUT2D eigenvalue weighted by molar-refractivity contribution is 0.300. The second kappa shape index (κ2) is 6.22. The highest BCUT2D eigenvalue weighted by Gasteiger charge is 2.19. The predicted octanol–water partition coefficient (Wildman–Crippen LogP) is 3.36. The van der Waals surface area contributed by atoms with Crippen LogP contribution in [0.2, 0.25) is 0 Å². The van der Waals surface area contributed by atoms with Gasteiger partial charge in [0.25, 0.3) is 0 Å². The molecule has 1 N–H and O–H groups in total. The van der Waals surface area contributed by atoms with Crippen molar-refractivity contribution >= 4 is 0 Å². The fourth-order valence-electron chi connectivity index (χ4n) is 2.06. The summed E-state index contributed by atoms with van der Waals surface area (Å²) in [6.07, 6.45) is 4.46. The summed E-state index contributed by atoms with van der Waals surface area (Å²) >= 11 is 0. The third-order valence-electron chi connectivity index (χ3n) is 3.57. The molecular formula is C17H19FN2O. The van der Waals surface area contributed by atoms with Gasteiger partial charge in [0.05, 0.1) is 5.69 Å². The number of halogens is 1. The number of rotatable bonds is 6. The smallest absolute Gasteiger partial charge is 0.130 e. The molecule has 0 radical (unpaired) electrons. The van der Waals surface area contributed by atoms with Crippen LogP contribution >= 0.6 is 0 Å². The topological polar surface area (TPSA) is 34.1 Å². The van der Waals surface area contributed by atoms with Crippen molar-refractivity contribution in [3.63, 3.8) is 0 Å². The standard InChI is InChI=1S/C17H19FN2O/c1-12-8-16(6-7-17(12)18)21-11-15-3-2-13(10-20-15)9-19-14-4-5-14/h2-3,6-8,10,14,19H,4-5,9,11H2,1H3. The minimum Gasteiger partial charge on any atom is -0.487 e. The summed E-state index contributed by atoms with van der Waals surface area (Å²) in [5.74, 6) is 0.447. The normalized spacial score (nSPS) is 14.2. The maximum absolute atomic E-state index is 13.2. The number of aromatic nitrogens is 1. The van der Waals surface area contributed by atoms with Crippen LogP contribution in [-0.4, -0.2) is 11.0 Å². The zero-order valence-electron chi connectivity index (χ0n) is 12.1. The van der Waals surface area contributed by atoms with E-state index in [-0.39, 0.29) is 5.82 Å². The monoisotopic (exact) mass is 286 g/mol. The van der Waals surface area contributed by atoms with Crippen LogP contribution < -0.4 is 10.1 Å². The molecule has 1 saturated carbocycles. The number of hydrogen-bond donors (Lipinski definition) is 1. The predicted molar refractivity (Wildman–Crippen MR) is 79.6 cm³/mol. The molecule has 0 atom stereocenters. The van der Waals surface area contributed by atoms with Gasteiger partial charge in [-0.25, -0.2) is 4.39 Å². The Balaban J connectivity index is 1.53. The van der Waals surface area contributed by atoms with Gasteiger partial charge in [-0.1, -0.05) is 6.07 Å². The first-order chi connectivity index (χ1) is 10.2. The third kappa shape index (κ3) is 4.02. The van der Waals surface area contributed by atoms with Crippen LogP contribution in [-0.2, 0) is 13.2 Å². The molecule has 0 bridgehead atoms. The van der Waals surface area contributed by atoms with Crippen molar-refractivity contribution < 1.29 is 9.13 Å². The zero-order chi connectivity index (χ0) is 14.7. The Morgan fingerprint density at radius 3 is 2.81 bits per heavy atom. The fraction of sp³-hybridized carbons (Fsp3) is 0.353. The molecule has 1 aliphatic carbocycles. The summed E-state index contributed by atoms with van der Waals surface area (Å²) in [7, 11) is 0. The van der Waals surface area contributed by atoms with Crippen molar-refractivity contribution in [3.8, 4) is 5.75 Å². The van der Waals surface area contributed by atoms with E-state index in [2.05, 4.69) is 16.4 Å². The van der Waals surface area contributed by atoms with E-state index in [0.29, 0.717) is 24.0 Å². The van der Waals surface area contributed by atoms with E-state index in [1.807, 2.05) is 12.3 Å². The molecule has 110 valence electrons. The summed E-state index contributed by atoms with van der Waals surface area (Å²) < 4.78 is 18.8. The number of nitrogens with one attached hydrogen (secondary N) is 1. The van der Waals surface area contributed by atoms with Crippen LogP contribution in [0.15, 0.2) is 36.5 Å². The molecule has 2 aromatic rings. The molecule has 3 rings (SSSR count). The first kappa shape index (κ1) is 14.0. The molecule has 1 aliphatic rings. The van der Waals surface area contributed by atoms with Gasteiger partial charge in [-0.2, -0.15) is 0 Å². The molecule has 1 aromatic heterocycles. The quantitative estimate of drug-likeness (QED) is 0.884. The average molecular weight is 286 g/mol. The van der Waals surface area contributed by atoms with Gasteiger partial charge in [0.1, 0.15) is 18.2 Å². The molecule has 3 nitrogen and oxygen atoms in total. The number of pyridine rings is 1. The Labute approximate surface area is 124 Å². The maximum Gasteiger partial charge on any atom is 0.130 e. The third-order valence-corrected chi connectivity index (χ3v) is 3.57. The highest BCUT2D eigenvalue weighted by molar-refractivity contribution is 5.29. The second-order valence-electron chi connectivity index (χ2n) is 5.51. The number of nitrogens with zero attached hydrogens (tertiary/aromatic N) is 1. The van der Waals surface area contributed by atoms with E-state index in [1.165, 1.54) is 24.5 Å². The maximum atomic E-state index is 13.2. The summed E-state index contributed by atoms with van der Waals surface area (Å²) in [4.78, 5) is 4.39. The van der Waals surface area contributed by atoms with Gasteiger partial charge in [-0.3, -0.25) is 4.98 Å². The minimum absolute atomic E-state index is 0.215. The molecule has 21 heavy (non-hydrogen) atoms. The molecule has 0 amide bonds. The highest BCUT2D eigenvalue weighted by atomic mass is 19.1. The SMILES string of the molecule is Cc1cc(OCc2ccc(CNC3CC3)cn2)ccc1F. The Bertz CT molecular complexity index is 609. The number of aryl methyl sites for hydroxylation is 1. The molecule has 4 heteroatoms. The summed E-state index contributed by atoms with van der Waals surface area (Å²) in [6.45, 7) is 2.99. The van der Waals surface area contributed by atoms with Gasteiger partial charge >= 0.3 is 0 Å². The van der Waals surface area contributed by atoms with E-state index >= 15 is 0 Å². The molecule has 1 heterocycles. The summed E-state index contributed by atoms with van der Waals surface area (Å²) in [5, 5.41) is 3.45. The van der Waals surface area contributed by atoms with Crippen LogP contribution in [0.5, 0.6) is 5.75 Å². The van der Waals surface area contributed by atoms with Gasteiger partial charge in [0, 0.05) is 18.8 Å². The van der Waals surface area contributed by atoms with Gasteiger partial charge in [-0.05, 0) is 55.2 Å². The first-order valence-corrected chi connectivity index (χ1v) is 7.27. The van der Waals surface area contributed by atoms with E-state index in [1.54, 1.807) is 19.1 Å². The van der Waals surface area contributed by atoms with Gasteiger partial charge in [-0.15, -0.1) is 0 Å². The van der Waals surface area contributed by atoms with Crippen molar-refractivity contribution in [1.29, 1.82) is 0 Å². The Hall–Kier alpha value is -1.94. The van der Waals surface area contributed by atoms with Gasteiger partial charge < -0.3 is 10.1 Å². The lowest BCUT2D eigenvalue weighted by Gasteiger charge is -2.08. The molecule has 0 aliphatic heterocycles. The van der Waals surface area contributed by atoms with Crippen molar-refractivity contribution in [2.45, 2.75) is 39.0 Å². The van der Waals surface area contributed by atoms with E-state index in [0.717, 1.165) is 12.2 Å². The van der Waals surface area contributed by atoms with E-state index < -0.39 is 0 Å². The van der Waals surface area contributed by atoms with Crippen molar-refractivity contribution in [2.75, 3.05) is 0 Å². The van der Waals surface area contributed by atoms with E-state index in [4.69, 9.17) is 4.74 Å². The molecule has 1 aromatic carbocycles. The Kier molecular flexibility index (Phi) is 4.15. The first-order valence-electron chi connectivity index (χ1n) is 7.27. The average Bonchev–Trinajstić information content (AvgIpc) is 3.32. The highest BCUT2D eigenvalue weighted by Crippen LogP contribution is 2.19. The summed E-state index contributed by atoms with van der Waals surface area (Å²) in [6, 6.07) is 9.50. The fourth-order valence-corrected chi connectivity index (χ4v) is 2.06. The number of benzene rings is 1. The zero-order valence-corrected chi connectivity index (χ0v) is 12.1. The summed E-state index contributed by atoms with van der Waals surface area (Å²) in [5.41, 5.74) is 2.64. The lowest BCUT2D eigenvalue weighted by atomic mass is 10.2. The molecular weight excluding hydrogens is 267 g/mol. The Morgan fingerprint density at radius 1 is 1.29 bits per heavy atom. The van der Waals surface area contributed by atoms with Crippen LogP contribution in [0.1, 0.15) is 29.7 Å². The number of ether oxygens (including phenoxy) is 1. The Morgan fingerprint density at radius 2 is 2.14 bits per heavy atom. The molecule has 0 unspecified atom stereocenters. The van der Waals surface area contributed by atoms with Crippen LogP contribution in [0.3, 0.4) is 0 Å². The van der Waals surface area contributed by atoms with Crippen LogP contribution in [0.4, 0.5) is 4.39 Å². The van der Waals surface area contributed by atoms with Crippen molar-refractivity contribution in [1.82, 2.24) is 10.3 Å².